The van der Waals surface area contributed by atoms with E-state index in [-0.39, 0.29) is 18.5 Å². The summed E-state index contributed by atoms with van der Waals surface area (Å²) in [4.78, 5) is 14.4. The van der Waals surface area contributed by atoms with Crippen LogP contribution < -0.4 is 10.1 Å². The fraction of sp³-hybridized carbons (Fsp3) is 0.650. The highest BCUT2D eigenvalue weighted by atomic mass is 35.5. The summed E-state index contributed by atoms with van der Waals surface area (Å²) in [7, 11) is 0. The zero-order valence-electron chi connectivity index (χ0n) is 16.0. The normalized spacial score (nSPS) is 15.6. The van der Waals surface area contributed by atoms with E-state index < -0.39 is 6.09 Å². The summed E-state index contributed by atoms with van der Waals surface area (Å²) in [6.07, 6.45) is 6.64. The zero-order chi connectivity index (χ0) is 17.9. The van der Waals surface area contributed by atoms with Crippen LogP contribution in [0.25, 0.3) is 0 Å². The molecular formula is C20H33ClN2O3. The van der Waals surface area contributed by atoms with Crippen molar-refractivity contribution in [1.29, 1.82) is 0 Å². The molecular weight excluding hydrogens is 352 g/mol. The van der Waals surface area contributed by atoms with E-state index in [9.17, 15) is 4.79 Å². The molecule has 1 atom stereocenters. The number of hydrogen-bond donors (Lipinski definition) is 1. The molecule has 1 aromatic rings. The summed E-state index contributed by atoms with van der Waals surface area (Å²) in [6.45, 7) is 7.83. The van der Waals surface area contributed by atoms with Crippen LogP contribution in [0.15, 0.2) is 24.3 Å². The molecule has 148 valence electrons. The zero-order valence-corrected chi connectivity index (χ0v) is 16.9. The van der Waals surface area contributed by atoms with Crippen LogP contribution in [0.1, 0.15) is 52.4 Å². The van der Waals surface area contributed by atoms with Gasteiger partial charge in [0.05, 0.1) is 6.61 Å². The molecule has 1 fully saturated rings. The van der Waals surface area contributed by atoms with E-state index in [1.165, 1.54) is 32.1 Å². The number of carbonyl (C=O) groups excluding carboxylic acids is 1. The highest BCUT2D eigenvalue weighted by Crippen LogP contribution is 2.18. The van der Waals surface area contributed by atoms with Crippen LogP contribution in [0, 0.1) is 0 Å². The fourth-order valence-electron chi connectivity index (χ4n) is 3.08. The van der Waals surface area contributed by atoms with Gasteiger partial charge >= 0.3 is 6.09 Å². The molecule has 6 heteroatoms. The molecule has 1 aliphatic heterocycles. The summed E-state index contributed by atoms with van der Waals surface area (Å²) in [5.41, 5.74) is 0.697. The van der Waals surface area contributed by atoms with Gasteiger partial charge in [0, 0.05) is 18.3 Å². The van der Waals surface area contributed by atoms with E-state index in [0.717, 1.165) is 31.8 Å². The average Bonchev–Trinajstić information content (AvgIpc) is 2.59. The number of amides is 1. The third-order valence-corrected chi connectivity index (χ3v) is 4.37. The maximum absolute atomic E-state index is 12.1. The molecule has 2 rings (SSSR count). The summed E-state index contributed by atoms with van der Waals surface area (Å²) in [6, 6.07) is 7.46. The van der Waals surface area contributed by atoms with E-state index in [1.807, 2.05) is 31.2 Å². The number of rotatable bonds is 9. The molecule has 1 N–H and O–H groups in total. The van der Waals surface area contributed by atoms with Crippen LogP contribution in [0.4, 0.5) is 10.5 Å². The first-order valence-electron chi connectivity index (χ1n) is 9.60. The molecule has 1 amide bonds. The Hall–Kier alpha value is -1.46. The van der Waals surface area contributed by atoms with Gasteiger partial charge in [0.1, 0.15) is 11.9 Å². The predicted molar refractivity (Wildman–Crippen MR) is 109 cm³/mol. The Labute approximate surface area is 163 Å². The van der Waals surface area contributed by atoms with Crippen molar-refractivity contribution in [3.63, 3.8) is 0 Å². The van der Waals surface area contributed by atoms with Crippen LogP contribution in [0.2, 0.25) is 0 Å². The number of unbranched alkanes of at least 4 members (excludes halogenated alkanes) is 2. The lowest BCUT2D eigenvalue weighted by Crippen LogP contribution is -2.37. The lowest BCUT2D eigenvalue weighted by Gasteiger charge is -2.28. The van der Waals surface area contributed by atoms with Gasteiger partial charge < -0.3 is 9.47 Å². The van der Waals surface area contributed by atoms with E-state index in [2.05, 4.69) is 17.1 Å². The number of hydrogen-bond acceptors (Lipinski definition) is 4. The van der Waals surface area contributed by atoms with Crippen molar-refractivity contribution in [2.24, 2.45) is 0 Å². The van der Waals surface area contributed by atoms with Gasteiger partial charge in [-0.3, -0.25) is 10.2 Å². The van der Waals surface area contributed by atoms with Crippen molar-refractivity contribution in [2.75, 3.05) is 31.6 Å². The molecule has 26 heavy (non-hydrogen) atoms. The molecule has 1 heterocycles. The Morgan fingerprint density at radius 2 is 2.00 bits per heavy atom. The number of nitrogens with one attached hydrogen (secondary N) is 1. The second-order valence-electron chi connectivity index (χ2n) is 6.79. The van der Waals surface area contributed by atoms with Gasteiger partial charge in [-0.15, -0.1) is 12.4 Å². The number of ether oxygens (including phenoxy) is 2. The van der Waals surface area contributed by atoms with Crippen molar-refractivity contribution in [1.82, 2.24) is 4.90 Å². The van der Waals surface area contributed by atoms with Crippen molar-refractivity contribution in [3.05, 3.63) is 24.3 Å². The number of likely N-dealkylation sites (tertiary alicyclic amines) is 1. The SMILES string of the molecule is CCCCCOc1cccc(NC(=O)OC(C)CN2CCCCC2)c1.Cl. The molecule has 0 bridgehead atoms. The molecule has 1 aliphatic rings. The first-order chi connectivity index (χ1) is 12.2. The standard InChI is InChI=1S/C20H32N2O3.ClH/c1-3-4-8-14-24-19-11-9-10-18(15-19)21-20(23)25-17(2)16-22-12-6-5-7-13-22;/h9-11,15,17H,3-8,12-14,16H2,1-2H3,(H,21,23);1H. The minimum Gasteiger partial charge on any atom is -0.494 e. The molecule has 0 saturated carbocycles. The predicted octanol–water partition coefficient (Wildman–Crippen LogP) is 5.10. The van der Waals surface area contributed by atoms with Gasteiger partial charge in [0.25, 0.3) is 0 Å². The van der Waals surface area contributed by atoms with Crippen LogP contribution in [0.5, 0.6) is 5.75 Å². The fourth-order valence-corrected chi connectivity index (χ4v) is 3.08. The quantitative estimate of drug-likeness (QED) is 0.601. The molecule has 1 unspecified atom stereocenters. The second-order valence-corrected chi connectivity index (χ2v) is 6.79. The maximum atomic E-state index is 12.1. The summed E-state index contributed by atoms with van der Waals surface area (Å²) in [5, 5.41) is 2.79. The Morgan fingerprint density at radius 1 is 1.23 bits per heavy atom. The number of benzene rings is 1. The van der Waals surface area contributed by atoms with Crippen LogP contribution in [0.3, 0.4) is 0 Å². The first-order valence-corrected chi connectivity index (χ1v) is 9.60. The molecule has 0 aliphatic carbocycles. The number of carbonyl (C=O) groups is 1. The molecule has 0 radical (unpaired) electrons. The first kappa shape index (κ1) is 22.6. The summed E-state index contributed by atoms with van der Waals surface area (Å²) in [5.74, 6) is 0.773. The van der Waals surface area contributed by atoms with Crippen LogP contribution >= 0.6 is 12.4 Å². The smallest absolute Gasteiger partial charge is 0.411 e. The van der Waals surface area contributed by atoms with Gasteiger partial charge in [0.15, 0.2) is 0 Å². The monoisotopic (exact) mass is 384 g/mol. The Kier molecular flexibility index (Phi) is 11.1. The van der Waals surface area contributed by atoms with E-state index in [0.29, 0.717) is 12.3 Å². The summed E-state index contributed by atoms with van der Waals surface area (Å²) >= 11 is 0. The molecule has 1 saturated heterocycles. The average molecular weight is 385 g/mol. The van der Waals surface area contributed by atoms with E-state index in [1.54, 1.807) is 0 Å². The highest BCUT2D eigenvalue weighted by molar-refractivity contribution is 5.85. The topological polar surface area (TPSA) is 50.8 Å². The van der Waals surface area contributed by atoms with Crippen LogP contribution in [-0.2, 0) is 4.74 Å². The van der Waals surface area contributed by atoms with Gasteiger partial charge in [-0.05, 0) is 51.4 Å². The Bertz CT molecular complexity index is 522. The lowest BCUT2D eigenvalue weighted by atomic mass is 10.1. The van der Waals surface area contributed by atoms with Gasteiger partial charge in [0.2, 0.25) is 0 Å². The molecule has 1 aromatic carbocycles. The number of anilines is 1. The number of halogens is 1. The van der Waals surface area contributed by atoms with E-state index in [4.69, 9.17) is 9.47 Å². The third-order valence-electron chi connectivity index (χ3n) is 4.37. The lowest BCUT2D eigenvalue weighted by molar-refractivity contribution is 0.0833. The molecule has 0 aromatic heterocycles. The van der Waals surface area contributed by atoms with Crippen LogP contribution in [-0.4, -0.2) is 43.3 Å². The molecule has 5 nitrogen and oxygen atoms in total. The van der Waals surface area contributed by atoms with Gasteiger partial charge in [-0.2, -0.15) is 0 Å². The largest absolute Gasteiger partial charge is 0.494 e. The van der Waals surface area contributed by atoms with Gasteiger partial charge in [-0.25, -0.2) is 4.79 Å². The number of nitrogens with zero attached hydrogens (tertiary/aromatic N) is 1. The molecule has 0 spiro atoms. The van der Waals surface area contributed by atoms with Crippen molar-refractivity contribution >= 4 is 24.2 Å². The minimum absolute atomic E-state index is 0. The minimum atomic E-state index is -0.410. The summed E-state index contributed by atoms with van der Waals surface area (Å²) < 4.78 is 11.2. The maximum Gasteiger partial charge on any atom is 0.411 e. The van der Waals surface area contributed by atoms with Gasteiger partial charge in [-0.1, -0.05) is 32.3 Å². The number of piperidine rings is 1. The Balaban J connectivity index is 0.00000338. The Morgan fingerprint density at radius 3 is 2.73 bits per heavy atom. The van der Waals surface area contributed by atoms with E-state index >= 15 is 0 Å². The van der Waals surface area contributed by atoms with Crippen molar-refractivity contribution in [2.45, 2.75) is 58.5 Å². The second kappa shape index (κ2) is 12.8. The van der Waals surface area contributed by atoms with Crippen molar-refractivity contribution in [3.8, 4) is 5.75 Å². The van der Waals surface area contributed by atoms with Crippen molar-refractivity contribution < 1.29 is 14.3 Å². The third kappa shape index (κ3) is 8.77. The highest BCUT2D eigenvalue weighted by Gasteiger charge is 2.16.